The molecule has 0 radical (unpaired) electrons. The van der Waals surface area contributed by atoms with Crippen LogP contribution in [0.5, 0.6) is 5.75 Å². The van der Waals surface area contributed by atoms with E-state index in [0.717, 1.165) is 30.6 Å². The number of hydrogen-bond acceptors (Lipinski definition) is 5. The maximum Gasteiger partial charge on any atom is 0.315 e. The first-order valence-electron chi connectivity index (χ1n) is 8.13. The Hall–Kier alpha value is -2.82. The van der Waals surface area contributed by atoms with Crippen molar-refractivity contribution in [3.63, 3.8) is 0 Å². The molecule has 1 aromatic heterocycles. The van der Waals surface area contributed by atoms with Crippen LogP contribution >= 0.6 is 0 Å². The molecule has 1 unspecified atom stereocenters. The van der Waals surface area contributed by atoms with Crippen LogP contribution < -0.4 is 10.1 Å². The Morgan fingerprint density at radius 2 is 1.83 bits per heavy atom. The van der Waals surface area contributed by atoms with Gasteiger partial charge in [0, 0.05) is 6.04 Å². The molecule has 1 aliphatic rings. The van der Waals surface area contributed by atoms with E-state index in [1.165, 1.54) is 11.1 Å². The molecule has 5 heteroatoms. The minimum Gasteiger partial charge on any atom is -0.496 e. The molecule has 0 spiro atoms. The highest BCUT2D eigenvalue weighted by Gasteiger charge is 2.20. The lowest BCUT2D eigenvalue weighted by atomic mass is 9.88. The molecular formula is C19H19N3O2. The zero-order valence-corrected chi connectivity index (χ0v) is 13.5. The quantitative estimate of drug-likeness (QED) is 0.793. The lowest BCUT2D eigenvalue weighted by Gasteiger charge is -2.24. The number of anilines is 1. The fraction of sp³-hybridized carbons (Fsp3) is 0.263. The van der Waals surface area contributed by atoms with Gasteiger partial charge in [0.25, 0.3) is 5.89 Å². The summed E-state index contributed by atoms with van der Waals surface area (Å²) in [6.45, 7) is 0. The van der Waals surface area contributed by atoms with Crippen molar-refractivity contribution < 1.29 is 9.15 Å². The molecule has 5 nitrogen and oxygen atoms in total. The second-order valence-electron chi connectivity index (χ2n) is 5.97. The number of para-hydroxylation sites is 1. The molecule has 1 aliphatic carbocycles. The van der Waals surface area contributed by atoms with Crippen LogP contribution in [0.15, 0.2) is 52.9 Å². The number of fused-ring (bicyclic) bond motifs is 1. The lowest BCUT2D eigenvalue weighted by Crippen LogP contribution is -2.27. The molecule has 4 rings (SSSR count). The third kappa shape index (κ3) is 2.85. The minimum atomic E-state index is 0.311. The Balaban J connectivity index is 1.50. The third-order valence-electron chi connectivity index (χ3n) is 4.44. The average Bonchev–Trinajstić information content (AvgIpc) is 3.10. The molecule has 0 saturated heterocycles. The predicted octanol–water partition coefficient (Wildman–Crippen LogP) is 3.71. The van der Waals surface area contributed by atoms with Crippen molar-refractivity contribution in [1.29, 1.82) is 0 Å². The maximum absolute atomic E-state index is 5.79. The Kier molecular flexibility index (Phi) is 3.91. The number of methoxy groups -OCH3 is 1. The molecule has 1 N–H and O–H groups in total. The van der Waals surface area contributed by atoms with Crippen LogP contribution in [0.2, 0.25) is 0 Å². The summed E-state index contributed by atoms with van der Waals surface area (Å²) < 4.78 is 11.1. The summed E-state index contributed by atoms with van der Waals surface area (Å²) in [6, 6.07) is 17.0. The number of aromatic nitrogens is 2. The summed E-state index contributed by atoms with van der Waals surface area (Å²) in [5.41, 5.74) is 3.64. The van der Waals surface area contributed by atoms with Gasteiger partial charge in [-0.25, -0.2) is 0 Å². The van der Waals surface area contributed by atoms with Gasteiger partial charge < -0.3 is 14.5 Å². The van der Waals surface area contributed by atoms with Gasteiger partial charge in [0.1, 0.15) is 5.75 Å². The Labute approximate surface area is 140 Å². The van der Waals surface area contributed by atoms with Gasteiger partial charge in [-0.3, -0.25) is 0 Å². The number of benzene rings is 2. The Morgan fingerprint density at radius 1 is 1.04 bits per heavy atom. The maximum atomic E-state index is 5.79. The summed E-state index contributed by atoms with van der Waals surface area (Å²) in [4.78, 5) is 0. The third-order valence-corrected chi connectivity index (χ3v) is 4.44. The van der Waals surface area contributed by atoms with Crippen molar-refractivity contribution in [1.82, 2.24) is 10.2 Å². The zero-order valence-electron chi connectivity index (χ0n) is 13.5. The first-order valence-corrected chi connectivity index (χ1v) is 8.13. The first-order chi connectivity index (χ1) is 11.8. The zero-order chi connectivity index (χ0) is 16.4. The Bertz CT molecular complexity index is 844. The van der Waals surface area contributed by atoms with Gasteiger partial charge in [-0.2, -0.15) is 0 Å². The van der Waals surface area contributed by atoms with Crippen molar-refractivity contribution in [2.24, 2.45) is 0 Å². The van der Waals surface area contributed by atoms with Crippen molar-refractivity contribution in [2.75, 3.05) is 12.4 Å². The van der Waals surface area contributed by atoms with Crippen LogP contribution in [-0.4, -0.2) is 23.3 Å². The van der Waals surface area contributed by atoms with Crippen LogP contribution in [0.3, 0.4) is 0 Å². The van der Waals surface area contributed by atoms with Crippen molar-refractivity contribution in [3.8, 4) is 17.2 Å². The molecule has 122 valence electrons. The molecule has 1 heterocycles. The molecule has 2 aromatic carbocycles. The molecule has 0 aliphatic heterocycles. The van der Waals surface area contributed by atoms with Crippen LogP contribution in [0.25, 0.3) is 11.5 Å². The van der Waals surface area contributed by atoms with E-state index in [-0.39, 0.29) is 0 Å². The van der Waals surface area contributed by atoms with Gasteiger partial charge in [-0.1, -0.05) is 41.5 Å². The normalized spacial score (nSPS) is 16.5. The monoisotopic (exact) mass is 321 g/mol. The summed E-state index contributed by atoms with van der Waals surface area (Å²) in [5, 5.41) is 11.6. The minimum absolute atomic E-state index is 0.311. The van der Waals surface area contributed by atoms with E-state index in [1.807, 2.05) is 24.3 Å². The van der Waals surface area contributed by atoms with E-state index in [1.54, 1.807) is 7.11 Å². The van der Waals surface area contributed by atoms with Gasteiger partial charge in [-0.05, 0) is 42.5 Å². The van der Waals surface area contributed by atoms with Gasteiger partial charge in [0.15, 0.2) is 0 Å². The molecule has 0 fully saturated rings. The standard InChI is InChI=1S/C19H19N3O2/c1-23-17-9-5-4-8-16(17)18-21-22-19(24-18)20-15-11-10-13-6-2-3-7-14(13)12-15/h2-9,15H,10-12H2,1H3,(H,20,22). The average molecular weight is 321 g/mol. The van der Waals surface area contributed by atoms with E-state index in [4.69, 9.17) is 9.15 Å². The number of nitrogens with one attached hydrogen (secondary N) is 1. The second-order valence-corrected chi connectivity index (χ2v) is 5.97. The summed E-state index contributed by atoms with van der Waals surface area (Å²) in [6.07, 6.45) is 3.10. The molecule has 0 bridgehead atoms. The van der Waals surface area contributed by atoms with Gasteiger partial charge in [0.2, 0.25) is 0 Å². The van der Waals surface area contributed by atoms with E-state index >= 15 is 0 Å². The van der Waals surface area contributed by atoms with Gasteiger partial charge in [-0.15, -0.1) is 5.10 Å². The van der Waals surface area contributed by atoms with Gasteiger partial charge in [0.05, 0.1) is 12.7 Å². The smallest absolute Gasteiger partial charge is 0.315 e. The number of nitrogens with zero attached hydrogens (tertiary/aromatic N) is 2. The molecular weight excluding hydrogens is 302 g/mol. The van der Waals surface area contributed by atoms with Crippen LogP contribution in [0, 0.1) is 0 Å². The number of aryl methyl sites for hydroxylation is 1. The highest BCUT2D eigenvalue weighted by Crippen LogP contribution is 2.30. The van der Waals surface area contributed by atoms with Crippen molar-refractivity contribution in [2.45, 2.75) is 25.3 Å². The molecule has 3 aromatic rings. The fourth-order valence-corrected chi connectivity index (χ4v) is 3.21. The largest absolute Gasteiger partial charge is 0.496 e. The highest BCUT2D eigenvalue weighted by molar-refractivity contribution is 5.62. The van der Waals surface area contributed by atoms with E-state index in [2.05, 4.69) is 39.8 Å². The Morgan fingerprint density at radius 3 is 2.71 bits per heavy atom. The van der Waals surface area contributed by atoms with Crippen molar-refractivity contribution in [3.05, 3.63) is 59.7 Å². The number of hydrogen-bond donors (Lipinski definition) is 1. The predicted molar refractivity (Wildman–Crippen MR) is 92.2 cm³/mol. The van der Waals surface area contributed by atoms with Crippen LogP contribution in [0.4, 0.5) is 6.01 Å². The molecule has 24 heavy (non-hydrogen) atoms. The van der Waals surface area contributed by atoms with Crippen LogP contribution in [-0.2, 0) is 12.8 Å². The second kappa shape index (κ2) is 6.35. The summed E-state index contributed by atoms with van der Waals surface area (Å²) in [5.74, 6) is 1.19. The van der Waals surface area contributed by atoms with E-state index in [9.17, 15) is 0 Å². The first kappa shape index (κ1) is 14.8. The SMILES string of the molecule is COc1ccccc1-c1nnc(NC2CCc3ccccc3C2)o1. The molecule has 0 saturated carbocycles. The number of ether oxygens (including phenoxy) is 1. The molecule has 0 amide bonds. The fourth-order valence-electron chi connectivity index (χ4n) is 3.21. The molecule has 1 atom stereocenters. The lowest BCUT2D eigenvalue weighted by molar-refractivity contribution is 0.414. The van der Waals surface area contributed by atoms with E-state index in [0.29, 0.717) is 17.9 Å². The van der Waals surface area contributed by atoms with Crippen LogP contribution in [0.1, 0.15) is 17.5 Å². The highest BCUT2D eigenvalue weighted by atomic mass is 16.5. The number of rotatable bonds is 4. The topological polar surface area (TPSA) is 60.2 Å². The van der Waals surface area contributed by atoms with Gasteiger partial charge >= 0.3 is 6.01 Å². The summed E-state index contributed by atoms with van der Waals surface area (Å²) in [7, 11) is 1.63. The van der Waals surface area contributed by atoms with E-state index < -0.39 is 0 Å². The van der Waals surface area contributed by atoms with Crippen molar-refractivity contribution >= 4 is 6.01 Å². The summed E-state index contributed by atoms with van der Waals surface area (Å²) >= 11 is 0.